The summed E-state index contributed by atoms with van der Waals surface area (Å²) in [5.41, 5.74) is 1.80. The summed E-state index contributed by atoms with van der Waals surface area (Å²) in [5, 5.41) is 3.85. The Hall–Kier alpha value is -3.03. The maximum absolute atomic E-state index is 12.3. The second kappa shape index (κ2) is 10.5. The van der Waals surface area contributed by atoms with Gasteiger partial charge in [0.2, 0.25) is 0 Å². The van der Waals surface area contributed by atoms with Crippen molar-refractivity contribution in [2.45, 2.75) is 38.3 Å². The van der Waals surface area contributed by atoms with Gasteiger partial charge in [-0.3, -0.25) is 9.69 Å². The van der Waals surface area contributed by atoms with E-state index in [0.29, 0.717) is 25.5 Å². The number of nitrogens with zero attached hydrogens (tertiary/aromatic N) is 1. The molecular formula is C27H32N2O5. The Kier molecular flexibility index (Phi) is 7.02. The smallest absolute Gasteiger partial charge is 0.287 e. The van der Waals surface area contributed by atoms with Crippen molar-refractivity contribution in [3.8, 4) is 11.5 Å². The fourth-order valence-corrected chi connectivity index (χ4v) is 4.77. The molecule has 180 valence electrons. The van der Waals surface area contributed by atoms with Crippen molar-refractivity contribution < 1.29 is 23.4 Å². The largest absolute Gasteiger partial charge is 0.494 e. The fraction of sp³-hybridized carbons (Fsp3) is 0.444. The Morgan fingerprint density at radius 2 is 2.09 bits per heavy atom. The SMILES string of the molecule is CCCN1CCO[C@@H]2c3cc(OCCCCNC(=O)c4cc5ccccc5o4)ccc3OC[C@H]21. The van der Waals surface area contributed by atoms with Crippen LogP contribution in [0.2, 0.25) is 0 Å². The Morgan fingerprint density at radius 1 is 1.18 bits per heavy atom. The van der Waals surface area contributed by atoms with Gasteiger partial charge in [0.1, 0.15) is 29.8 Å². The van der Waals surface area contributed by atoms with Crippen LogP contribution in [0, 0.1) is 0 Å². The molecule has 2 aliphatic heterocycles. The molecule has 0 saturated carbocycles. The zero-order valence-corrected chi connectivity index (χ0v) is 19.6. The number of morpholine rings is 1. The molecule has 1 aromatic heterocycles. The molecule has 5 rings (SSSR count). The van der Waals surface area contributed by atoms with E-state index in [2.05, 4.69) is 23.2 Å². The summed E-state index contributed by atoms with van der Waals surface area (Å²) in [5.74, 6) is 1.87. The monoisotopic (exact) mass is 464 g/mol. The highest BCUT2D eigenvalue weighted by molar-refractivity contribution is 5.96. The van der Waals surface area contributed by atoms with Crippen LogP contribution in [0.4, 0.5) is 0 Å². The molecule has 1 fully saturated rings. The molecule has 34 heavy (non-hydrogen) atoms. The van der Waals surface area contributed by atoms with Gasteiger partial charge in [-0.05, 0) is 56.1 Å². The predicted molar refractivity (Wildman–Crippen MR) is 130 cm³/mol. The second-order valence-corrected chi connectivity index (χ2v) is 8.87. The molecule has 1 N–H and O–H groups in total. The summed E-state index contributed by atoms with van der Waals surface area (Å²) in [6, 6.07) is 15.6. The van der Waals surface area contributed by atoms with Crippen molar-refractivity contribution in [3.63, 3.8) is 0 Å². The third-order valence-corrected chi connectivity index (χ3v) is 6.48. The van der Waals surface area contributed by atoms with Gasteiger partial charge in [-0.15, -0.1) is 0 Å². The van der Waals surface area contributed by atoms with E-state index in [1.54, 1.807) is 6.07 Å². The highest BCUT2D eigenvalue weighted by Crippen LogP contribution is 2.40. The fourth-order valence-electron chi connectivity index (χ4n) is 4.77. The minimum atomic E-state index is -0.189. The van der Waals surface area contributed by atoms with Crippen molar-refractivity contribution in [1.29, 1.82) is 0 Å². The van der Waals surface area contributed by atoms with Crippen molar-refractivity contribution in [2.24, 2.45) is 0 Å². The van der Waals surface area contributed by atoms with Crippen LogP contribution in [0.1, 0.15) is 48.4 Å². The number of para-hydroxylation sites is 1. The van der Waals surface area contributed by atoms with E-state index in [4.69, 9.17) is 18.6 Å². The molecule has 0 spiro atoms. The van der Waals surface area contributed by atoms with Crippen molar-refractivity contribution in [1.82, 2.24) is 10.2 Å². The van der Waals surface area contributed by atoms with E-state index in [1.165, 1.54) is 0 Å². The first-order valence-corrected chi connectivity index (χ1v) is 12.2. The first-order valence-electron chi connectivity index (χ1n) is 12.2. The molecule has 0 bridgehead atoms. The molecule has 2 aromatic carbocycles. The maximum Gasteiger partial charge on any atom is 0.287 e. The number of carbonyl (C=O) groups excluding carboxylic acids is 1. The summed E-state index contributed by atoms with van der Waals surface area (Å²) < 4.78 is 23.8. The minimum absolute atomic E-state index is 0.0288. The lowest BCUT2D eigenvalue weighted by molar-refractivity contribution is -0.0957. The number of carbonyl (C=O) groups is 1. The Labute approximate surface area is 200 Å². The number of hydrogen-bond donors (Lipinski definition) is 1. The van der Waals surface area contributed by atoms with E-state index >= 15 is 0 Å². The predicted octanol–water partition coefficient (Wildman–Crippen LogP) is 4.57. The van der Waals surface area contributed by atoms with Gasteiger partial charge in [-0.2, -0.15) is 0 Å². The van der Waals surface area contributed by atoms with Crippen LogP contribution in [0.15, 0.2) is 52.9 Å². The lowest BCUT2D eigenvalue weighted by Gasteiger charge is -2.44. The molecule has 0 aliphatic carbocycles. The van der Waals surface area contributed by atoms with E-state index in [1.807, 2.05) is 36.4 Å². The van der Waals surface area contributed by atoms with Gasteiger partial charge in [0.25, 0.3) is 5.91 Å². The number of ether oxygens (including phenoxy) is 3. The van der Waals surface area contributed by atoms with Crippen LogP contribution in [-0.4, -0.2) is 56.3 Å². The summed E-state index contributed by atoms with van der Waals surface area (Å²) >= 11 is 0. The topological polar surface area (TPSA) is 73.2 Å². The summed E-state index contributed by atoms with van der Waals surface area (Å²) in [6.45, 7) is 6.78. The number of unbranched alkanes of at least 4 members (excludes halogenated alkanes) is 1. The normalized spacial score (nSPS) is 19.8. The van der Waals surface area contributed by atoms with Gasteiger partial charge < -0.3 is 23.9 Å². The van der Waals surface area contributed by atoms with Crippen LogP contribution in [0.3, 0.4) is 0 Å². The average molecular weight is 465 g/mol. The van der Waals surface area contributed by atoms with E-state index < -0.39 is 0 Å². The van der Waals surface area contributed by atoms with Gasteiger partial charge >= 0.3 is 0 Å². The Balaban J connectivity index is 1.08. The zero-order chi connectivity index (χ0) is 23.3. The number of benzene rings is 2. The van der Waals surface area contributed by atoms with Gasteiger partial charge in [-0.25, -0.2) is 0 Å². The molecule has 3 heterocycles. The quantitative estimate of drug-likeness (QED) is 0.468. The molecule has 2 atom stereocenters. The third kappa shape index (κ3) is 4.91. The van der Waals surface area contributed by atoms with Crippen LogP contribution >= 0.6 is 0 Å². The molecule has 0 unspecified atom stereocenters. The number of rotatable bonds is 9. The number of nitrogens with one attached hydrogen (secondary N) is 1. The molecule has 7 heteroatoms. The summed E-state index contributed by atoms with van der Waals surface area (Å²) in [7, 11) is 0. The Morgan fingerprint density at radius 3 is 2.97 bits per heavy atom. The van der Waals surface area contributed by atoms with Gasteiger partial charge in [0.15, 0.2) is 5.76 Å². The van der Waals surface area contributed by atoms with Crippen molar-refractivity contribution in [3.05, 3.63) is 59.9 Å². The molecule has 3 aromatic rings. The van der Waals surface area contributed by atoms with Crippen molar-refractivity contribution >= 4 is 16.9 Å². The molecule has 1 amide bonds. The zero-order valence-electron chi connectivity index (χ0n) is 19.6. The molecule has 7 nitrogen and oxygen atoms in total. The highest BCUT2D eigenvalue weighted by atomic mass is 16.5. The van der Waals surface area contributed by atoms with Gasteiger partial charge in [-0.1, -0.05) is 25.1 Å². The lowest BCUT2D eigenvalue weighted by Crippen LogP contribution is -2.52. The van der Waals surface area contributed by atoms with Crippen LogP contribution < -0.4 is 14.8 Å². The lowest BCUT2D eigenvalue weighted by atomic mass is 9.96. The average Bonchev–Trinajstić information content (AvgIpc) is 3.31. The molecule has 2 aliphatic rings. The van der Waals surface area contributed by atoms with Gasteiger partial charge in [0, 0.05) is 24.0 Å². The number of hydrogen-bond acceptors (Lipinski definition) is 6. The number of fused-ring (bicyclic) bond motifs is 4. The van der Waals surface area contributed by atoms with E-state index in [-0.39, 0.29) is 18.1 Å². The van der Waals surface area contributed by atoms with Crippen LogP contribution in [-0.2, 0) is 4.74 Å². The Bertz CT molecular complexity index is 1090. The van der Waals surface area contributed by atoms with Gasteiger partial charge in [0.05, 0.1) is 19.3 Å². The molecule has 0 radical (unpaired) electrons. The maximum atomic E-state index is 12.3. The van der Waals surface area contributed by atoms with Crippen LogP contribution in [0.5, 0.6) is 11.5 Å². The van der Waals surface area contributed by atoms with Crippen molar-refractivity contribution in [2.75, 3.05) is 39.5 Å². The third-order valence-electron chi connectivity index (χ3n) is 6.48. The number of furan rings is 1. The second-order valence-electron chi connectivity index (χ2n) is 8.87. The summed E-state index contributed by atoms with van der Waals surface area (Å²) in [4.78, 5) is 14.8. The minimum Gasteiger partial charge on any atom is -0.494 e. The standard InChI is InChI=1S/C27H32N2O5/c1-2-12-29-13-15-32-26-21-17-20(9-10-24(21)33-18-22(26)29)31-14-6-5-11-28-27(30)25-16-19-7-3-4-8-23(19)34-25/h3-4,7-10,16-17,22,26H,2,5-6,11-15,18H2,1H3,(H,28,30)/t22-,26-/m1/s1. The highest BCUT2D eigenvalue weighted by Gasteiger charge is 2.38. The summed E-state index contributed by atoms with van der Waals surface area (Å²) in [6.07, 6.45) is 2.81. The first kappa shape index (κ1) is 22.7. The molecule has 1 saturated heterocycles. The van der Waals surface area contributed by atoms with E-state index in [9.17, 15) is 4.79 Å². The number of amides is 1. The van der Waals surface area contributed by atoms with E-state index in [0.717, 1.165) is 67.0 Å². The molecular weight excluding hydrogens is 432 g/mol. The first-order chi connectivity index (χ1) is 16.7. The van der Waals surface area contributed by atoms with Crippen LogP contribution in [0.25, 0.3) is 11.0 Å².